The molecule has 1 unspecified atom stereocenters. The summed E-state index contributed by atoms with van der Waals surface area (Å²) in [5.74, 6) is 0. The molecule has 2 rings (SSSR count). The summed E-state index contributed by atoms with van der Waals surface area (Å²) in [6.07, 6.45) is 1.14. The maximum absolute atomic E-state index is 10.0. The zero-order valence-electron chi connectivity index (χ0n) is 6.95. The molecule has 2 aliphatic rings. The molecule has 0 radical (unpaired) electrons. The molecule has 0 amide bonds. The molecule has 0 spiro atoms. The van der Waals surface area contributed by atoms with Gasteiger partial charge in [-0.2, -0.15) is 0 Å². The lowest BCUT2D eigenvalue weighted by Gasteiger charge is -1.90. The zero-order chi connectivity index (χ0) is 8.81. The lowest BCUT2D eigenvalue weighted by molar-refractivity contribution is 0.121. The SMILES string of the molecule is C1=NCCN1.CC1COC(=O)O1. The molecule has 0 aromatic carbocycles. The maximum Gasteiger partial charge on any atom is 0.508 e. The van der Waals surface area contributed by atoms with Crippen LogP contribution in [0.4, 0.5) is 4.79 Å². The minimum Gasteiger partial charge on any atom is -0.430 e. The zero-order valence-corrected chi connectivity index (χ0v) is 6.95. The van der Waals surface area contributed by atoms with Crippen molar-refractivity contribution in [1.29, 1.82) is 0 Å². The number of hydrogen-bond acceptors (Lipinski definition) is 5. The Morgan fingerprint density at radius 1 is 1.75 bits per heavy atom. The van der Waals surface area contributed by atoms with Crippen molar-refractivity contribution in [3.63, 3.8) is 0 Å². The van der Waals surface area contributed by atoms with Crippen LogP contribution in [0.5, 0.6) is 0 Å². The van der Waals surface area contributed by atoms with Crippen LogP contribution in [0.15, 0.2) is 4.99 Å². The van der Waals surface area contributed by atoms with Crippen LogP contribution in [0.2, 0.25) is 0 Å². The summed E-state index contributed by atoms with van der Waals surface area (Å²) in [5.41, 5.74) is 0. The number of cyclic esters (lactones) is 2. The summed E-state index contributed by atoms with van der Waals surface area (Å²) in [5, 5.41) is 2.93. The molecule has 1 saturated heterocycles. The molecule has 1 atom stereocenters. The van der Waals surface area contributed by atoms with Gasteiger partial charge in [0.2, 0.25) is 0 Å². The van der Waals surface area contributed by atoms with Crippen LogP contribution in [0.3, 0.4) is 0 Å². The molecule has 5 heteroatoms. The van der Waals surface area contributed by atoms with E-state index in [4.69, 9.17) is 0 Å². The Morgan fingerprint density at radius 2 is 2.58 bits per heavy atom. The lowest BCUT2D eigenvalue weighted by atomic mass is 10.5. The van der Waals surface area contributed by atoms with Gasteiger partial charge >= 0.3 is 6.16 Å². The predicted molar refractivity (Wildman–Crippen MR) is 43.3 cm³/mol. The van der Waals surface area contributed by atoms with Gasteiger partial charge in [0.25, 0.3) is 0 Å². The summed E-state index contributed by atoms with van der Waals surface area (Å²) in [6, 6.07) is 0. The Kier molecular flexibility index (Phi) is 3.37. The van der Waals surface area contributed by atoms with Crippen LogP contribution < -0.4 is 5.32 Å². The lowest BCUT2D eigenvalue weighted by Crippen LogP contribution is -2.04. The number of hydrogen-bond donors (Lipinski definition) is 1. The van der Waals surface area contributed by atoms with E-state index in [9.17, 15) is 4.79 Å². The molecule has 68 valence electrons. The number of carbonyl (C=O) groups excluding carboxylic acids is 1. The summed E-state index contributed by atoms with van der Waals surface area (Å²) < 4.78 is 8.90. The highest BCUT2D eigenvalue weighted by Crippen LogP contribution is 2.02. The fraction of sp³-hybridized carbons (Fsp3) is 0.714. The molecule has 1 N–H and O–H groups in total. The molecular weight excluding hydrogens is 160 g/mol. The van der Waals surface area contributed by atoms with E-state index in [2.05, 4.69) is 19.8 Å². The summed E-state index contributed by atoms with van der Waals surface area (Å²) in [7, 11) is 0. The average molecular weight is 172 g/mol. The molecule has 12 heavy (non-hydrogen) atoms. The summed E-state index contributed by atoms with van der Waals surface area (Å²) in [4.78, 5) is 13.9. The third-order valence-corrected chi connectivity index (χ3v) is 1.30. The normalized spacial score (nSPS) is 25.1. The van der Waals surface area contributed by atoms with Crippen molar-refractivity contribution < 1.29 is 14.3 Å². The molecule has 2 heterocycles. The van der Waals surface area contributed by atoms with E-state index in [1.807, 2.05) is 0 Å². The van der Waals surface area contributed by atoms with E-state index in [-0.39, 0.29) is 6.10 Å². The van der Waals surface area contributed by atoms with Gasteiger partial charge in [0.05, 0.1) is 12.9 Å². The highest BCUT2D eigenvalue weighted by molar-refractivity contribution is 5.61. The second-order valence-electron chi connectivity index (χ2n) is 2.48. The van der Waals surface area contributed by atoms with E-state index in [0.29, 0.717) is 6.61 Å². The van der Waals surface area contributed by atoms with Gasteiger partial charge in [0, 0.05) is 6.54 Å². The molecule has 5 nitrogen and oxygen atoms in total. The fourth-order valence-corrected chi connectivity index (χ4v) is 0.740. The first kappa shape index (κ1) is 8.83. The van der Waals surface area contributed by atoms with Gasteiger partial charge in [-0.25, -0.2) is 4.79 Å². The van der Waals surface area contributed by atoms with Crippen LogP contribution in [0.1, 0.15) is 6.92 Å². The van der Waals surface area contributed by atoms with Gasteiger partial charge in [-0.15, -0.1) is 0 Å². The quantitative estimate of drug-likeness (QED) is 0.529. The van der Waals surface area contributed by atoms with E-state index >= 15 is 0 Å². The standard InChI is InChI=1S/C4H6O3.C3H6N2/c1-3-2-6-4(5)7-3;1-2-5-3-4-1/h3H,2H2,1H3;3H,1-2H2,(H,4,5). The summed E-state index contributed by atoms with van der Waals surface area (Å²) >= 11 is 0. The molecule has 1 fully saturated rings. The Bertz CT molecular complexity index is 175. The summed E-state index contributed by atoms with van der Waals surface area (Å²) in [6.45, 7) is 4.17. The predicted octanol–water partition coefficient (Wildman–Crippen LogP) is 0.160. The molecule has 2 aliphatic heterocycles. The van der Waals surface area contributed by atoms with Gasteiger partial charge in [0.15, 0.2) is 0 Å². The molecule has 0 aliphatic carbocycles. The first-order valence-electron chi connectivity index (χ1n) is 3.84. The Balaban J connectivity index is 0.000000127. The number of nitrogens with zero attached hydrogens (tertiary/aromatic N) is 1. The van der Waals surface area contributed by atoms with E-state index < -0.39 is 6.16 Å². The fourth-order valence-electron chi connectivity index (χ4n) is 0.740. The van der Waals surface area contributed by atoms with Crippen LogP contribution in [-0.2, 0) is 9.47 Å². The molecular formula is C7H12N2O3. The van der Waals surface area contributed by atoms with Crippen LogP contribution >= 0.6 is 0 Å². The van der Waals surface area contributed by atoms with Crippen molar-refractivity contribution in [2.45, 2.75) is 13.0 Å². The highest BCUT2D eigenvalue weighted by Gasteiger charge is 2.19. The number of rotatable bonds is 0. The largest absolute Gasteiger partial charge is 0.508 e. The monoisotopic (exact) mass is 172 g/mol. The average Bonchev–Trinajstić information content (AvgIpc) is 2.63. The van der Waals surface area contributed by atoms with E-state index in [1.54, 1.807) is 13.3 Å². The number of nitrogens with one attached hydrogen (secondary N) is 1. The van der Waals surface area contributed by atoms with Crippen LogP contribution in [0.25, 0.3) is 0 Å². The van der Waals surface area contributed by atoms with Gasteiger partial charge in [-0.05, 0) is 6.92 Å². The van der Waals surface area contributed by atoms with Crippen molar-refractivity contribution >= 4 is 12.5 Å². The molecule has 0 aromatic heterocycles. The highest BCUT2D eigenvalue weighted by atomic mass is 16.8. The topological polar surface area (TPSA) is 59.9 Å². The maximum atomic E-state index is 10.0. The third kappa shape index (κ3) is 3.23. The first-order valence-corrected chi connectivity index (χ1v) is 3.84. The smallest absolute Gasteiger partial charge is 0.430 e. The second kappa shape index (κ2) is 4.58. The van der Waals surface area contributed by atoms with Crippen molar-refractivity contribution in [2.75, 3.05) is 19.7 Å². The van der Waals surface area contributed by atoms with E-state index in [1.165, 1.54) is 0 Å². The van der Waals surface area contributed by atoms with Gasteiger partial charge in [-0.3, -0.25) is 4.99 Å². The molecule has 0 aromatic rings. The number of aliphatic imine (C=N–C) groups is 1. The minimum atomic E-state index is -0.549. The number of carbonyl (C=O) groups is 1. The van der Waals surface area contributed by atoms with Gasteiger partial charge in [-0.1, -0.05) is 0 Å². The molecule has 0 saturated carbocycles. The molecule has 0 bridgehead atoms. The van der Waals surface area contributed by atoms with E-state index in [0.717, 1.165) is 13.1 Å². The van der Waals surface area contributed by atoms with Gasteiger partial charge in [0.1, 0.15) is 12.7 Å². The Morgan fingerprint density at radius 3 is 2.75 bits per heavy atom. The van der Waals surface area contributed by atoms with Crippen molar-refractivity contribution in [3.05, 3.63) is 0 Å². The van der Waals surface area contributed by atoms with Crippen molar-refractivity contribution in [1.82, 2.24) is 5.32 Å². The van der Waals surface area contributed by atoms with Crippen LogP contribution in [-0.4, -0.2) is 38.3 Å². The van der Waals surface area contributed by atoms with Crippen LogP contribution in [0, 0.1) is 0 Å². The first-order chi connectivity index (χ1) is 5.79. The Labute approximate surface area is 70.8 Å². The third-order valence-electron chi connectivity index (χ3n) is 1.30. The Hall–Kier alpha value is -1.26. The second-order valence-corrected chi connectivity index (χ2v) is 2.48. The van der Waals surface area contributed by atoms with Gasteiger partial charge < -0.3 is 14.8 Å². The van der Waals surface area contributed by atoms with Crippen molar-refractivity contribution in [2.24, 2.45) is 4.99 Å². The minimum absolute atomic E-state index is 0.0486. The van der Waals surface area contributed by atoms with Crippen molar-refractivity contribution in [3.8, 4) is 0 Å². The number of ether oxygens (including phenoxy) is 2.